The summed E-state index contributed by atoms with van der Waals surface area (Å²) in [6.45, 7) is 0. The van der Waals surface area contributed by atoms with Gasteiger partial charge in [0.05, 0.1) is 89.3 Å². The smallest absolute Gasteiger partial charge is 0.298 e. The molecule has 12 rings (SSSR count). The van der Waals surface area contributed by atoms with Crippen LogP contribution in [0.1, 0.15) is 22.3 Å². The molecule has 8 aromatic carbocycles. The minimum Gasteiger partial charge on any atom is -0.504 e. The fraction of sp³-hybridized carbons (Fsp3) is 0.0588. The first-order valence-corrected chi connectivity index (χ1v) is 35.9. The number of benzene rings is 8. The van der Waals surface area contributed by atoms with Crippen LogP contribution in [0.5, 0.6) is 46.0 Å². The van der Waals surface area contributed by atoms with E-state index >= 15 is 0 Å². The van der Waals surface area contributed by atoms with Crippen LogP contribution >= 0.6 is 166 Å². The van der Waals surface area contributed by atoms with E-state index in [0.29, 0.717) is 107 Å². The first kappa shape index (κ1) is 75.8. The van der Waals surface area contributed by atoms with E-state index in [1.807, 2.05) is 0 Å². The number of methoxy groups -OCH3 is 4. The van der Waals surface area contributed by atoms with Crippen LogP contribution in [-0.2, 0) is 19.2 Å². The molecule has 99 heavy (non-hydrogen) atoms. The summed E-state index contributed by atoms with van der Waals surface area (Å²) in [5.41, 5.74) is 4.69. The maximum Gasteiger partial charge on any atom is 0.298 e. The van der Waals surface area contributed by atoms with Crippen molar-refractivity contribution in [3.63, 3.8) is 0 Å². The summed E-state index contributed by atoms with van der Waals surface area (Å²) in [5.74, 6) is -0.479. The van der Waals surface area contributed by atoms with Gasteiger partial charge in [0, 0.05) is 10.0 Å². The molecule has 0 radical (unpaired) electrons. The molecule has 0 spiro atoms. The number of hydrogen-bond acceptors (Lipinski definition) is 20. The van der Waals surface area contributed by atoms with Crippen LogP contribution in [0.2, 0.25) is 15.1 Å². The molecule has 0 aliphatic carbocycles. The summed E-state index contributed by atoms with van der Waals surface area (Å²) < 4.78 is 36.4. The van der Waals surface area contributed by atoms with E-state index in [-0.39, 0.29) is 57.1 Å². The number of phenols is 4. The number of para-hydroxylation sites is 1. The van der Waals surface area contributed by atoms with Crippen molar-refractivity contribution in [1.29, 1.82) is 0 Å². The van der Waals surface area contributed by atoms with Gasteiger partial charge in [0.1, 0.15) is 5.82 Å². The van der Waals surface area contributed by atoms with E-state index < -0.39 is 17.0 Å². The van der Waals surface area contributed by atoms with Crippen molar-refractivity contribution >= 4 is 255 Å². The van der Waals surface area contributed by atoms with Crippen LogP contribution in [0, 0.1) is 5.82 Å². The number of nitrogens with zero attached hydrogens (tertiary/aromatic N) is 4. The van der Waals surface area contributed by atoms with Gasteiger partial charge in [-0.1, -0.05) is 143 Å². The Kier molecular flexibility index (Phi) is 25.9. The van der Waals surface area contributed by atoms with Gasteiger partial charge in [-0.15, -0.1) is 0 Å². The quantitative estimate of drug-likeness (QED) is 0.0660. The predicted octanol–water partition coefficient (Wildman–Crippen LogP) is 19.4. The Balaban J connectivity index is 0.000000154. The molecule has 0 unspecified atom stereocenters. The monoisotopic (exact) mass is 1710 g/mol. The van der Waals surface area contributed by atoms with Crippen molar-refractivity contribution in [3.05, 3.63) is 228 Å². The Bertz CT molecular complexity index is 4650. The maximum absolute atomic E-state index is 13.4. The van der Waals surface area contributed by atoms with Crippen molar-refractivity contribution in [2.75, 3.05) is 48.0 Å². The molecule has 4 heterocycles. The third-order valence-electron chi connectivity index (χ3n) is 13.7. The Labute approximate surface area is 638 Å². The molecule has 0 bridgehead atoms. The number of phenolic OH excluding ortho intramolecular Hbond substituents is 4. The number of amides is 5. The number of carbonyl (C=O) groups excluding carboxylic acids is 5. The fourth-order valence-corrected chi connectivity index (χ4v) is 15.8. The van der Waals surface area contributed by atoms with E-state index in [9.17, 15) is 48.8 Å². The first-order valence-electron chi connectivity index (χ1n) is 27.9. The number of hydrogen-bond donors (Lipinski definition) is 4. The second-order valence-electron chi connectivity index (χ2n) is 20.1. The zero-order valence-corrected chi connectivity index (χ0v) is 63.7. The molecule has 17 nitrogen and oxygen atoms in total. The van der Waals surface area contributed by atoms with E-state index in [1.165, 1.54) is 90.9 Å². The lowest BCUT2D eigenvalue weighted by Gasteiger charge is -2.14. The Hall–Kier alpha value is -7.42. The number of rotatable bonds is 12. The van der Waals surface area contributed by atoms with Crippen LogP contribution in [0.4, 0.5) is 31.9 Å². The largest absolute Gasteiger partial charge is 0.504 e. The molecule has 4 fully saturated rings. The van der Waals surface area contributed by atoms with Crippen molar-refractivity contribution < 1.29 is 67.7 Å². The van der Waals surface area contributed by atoms with Gasteiger partial charge in [0.25, 0.3) is 28.9 Å². The molecule has 4 aliphatic rings. The van der Waals surface area contributed by atoms with Crippen LogP contribution in [0.15, 0.2) is 185 Å². The minimum absolute atomic E-state index is 0.00567. The number of imide groups is 1. The van der Waals surface area contributed by atoms with Crippen LogP contribution in [0.3, 0.4) is 0 Å². The topological polar surface area (TPSA) is 216 Å². The lowest BCUT2D eigenvalue weighted by molar-refractivity contribution is -0.114. The van der Waals surface area contributed by atoms with Gasteiger partial charge in [-0.3, -0.25) is 38.7 Å². The highest BCUT2D eigenvalue weighted by molar-refractivity contribution is 9.11. The van der Waals surface area contributed by atoms with Gasteiger partial charge >= 0.3 is 0 Å². The Morgan fingerprint density at radius 2 is 0.768 bits per heavy atom. The molecular formula is C68H45Br3Cl3FN4O13S7. The van der Waals surface area contributed by atoms with E-state index in [1.54, 1.807) is 152 Å². The summed E-state index contributed by atoms with van der Waals surface area (Å²) in [4.78, 5) is 69.9. The third kappa shape index (κ3) is 18.0. The van der Waals surface area contributed by atoms with Gasteiger partial charge in [0.15, 0.2) is 59.0 Å². The summed E-state index contributed by atoms with van der Waals surface area (Å²) >= 11 is 48.1. The Morgan fingerprint density at radius 1 is 0.414 bits per heavy atom. The molecule has 0 atom stereocenters. The normalized spacial score (nSPS) is 16.0. The molecule has 0 saturated carbocycles. The highest BCUT2D eigenvalue weighted by Gasteiger charge is 2.39. The van der Waals surface area contributed by atoms with Crippen molar-refractivity contribution in [2.24, 2.45) is 0 Å². The van der Waals surface area contributed by atoms with Gasteiger partial charge in [-0.25, -0.2) is 9.29 Å². The van der Waals surface area contributed by atoms with Crippen LogP contribution in [0.25, 0.3) is 24.3 Å². The minimum atomic E-state index is -0.453. The van der Waals surface area contributed by atoms with Crippen LogP contribution in [-0.4, -0.2) is 90.7 Å². The van der Waals surface area contributed by atoms with Gasteiger partial charge in [0.2, 0.25) is 0 Å². The standard InChI is InChI=1S/C17H11BrClNO4S.C17H11BrClNO3S2.C17H11BrFNO3S2.C17H12ClNO3S2/c1-24-13-7-9(6-10(18)15(13)21)8-14-16(22)20(17(23)25-14)12-5-3-2-4-11(12)19;2*1-23-13-6-9(5-12(18)15(13)21)7-14-16(22)20(17(24)25-14)11-4-2-3-10(19)8-11;1-22-14-7-10(5-6-13(14)20)8-15-16(21)19(17(23)24-15)12-4-2-3-11(18)9-12/h3*2-8,21H,1H3;2-9,20H,1H3/b14-8+;2*14-7+;15-8+. The van der Waals surface area contributed by atoms with Crippen LogP contribution < -0.4 is 38.5 Å². The molecule has 506 valence electrons. The SMILES string of the molecule is COc1cc(/C=C2/SC(=O)N(c3ccccc3Cl)C2=O)cc(Br)c1O.COc1cc(/C=C2/SC(=S)N(c3cccc(Cl)c3)C2=O)cc(Br)c1O.COc1cc(/C=C2/SC(=S)N(c3cccc(Cl)c3)C2=O)ccc1O.COc1cc(/C=C2/SC(=S)N(c3cccc(F)c3)C2=O)cc(Br)c1O. The van der Waals surface area contributed by atoms with Gasteiger partial charge in [-0.2, -0.15) is 0 Å². The number of anilines is 4. The molecule has 0 aromatic heterocycles. The predicted molar refractivity (Wildman–Crippen MR) is 418 cm³/mol. The summed E-state index contributed by atoms with van der Waals surface area (Å²) in [6.07, 6.45) is 6.63. The average molecular weight is 1720 g/mol. The second-order valence-corrected chi connectivity index (χ2v) is 29.9. The maximum atomic E-state index is 13.4. The average Bonchev–Trinajstić information content (AvgIpc) is 1.68. The van der Waals surface area contributed by atoms with Gasteiger partial charge in [-0.05, 0) is 221 Å². The molecule has 31 heteroatoms. The number of carbonyl (C=O) groups is 5. The zero-order valence-electron chi connectivity index (χ0n) is 51.0. The number of ether oxygens (including phenoxy) is 4. The summed E-state index contributed by atoms with van der Waals surface area (Å²) in [5, 5.41) is 40.2. The van der Waals surface area contributed by atoms with E-state index in [0.717, 1.165) is 34.0 Å². The summed E-state index contributed by atoms with van der Waals surface area (Å²) in [7, 11) is 5.80. The van der Waals surface area contributed by atoms with Crippen molar-refractivity contribution in [1.82, 2.24) is 0 Å². The Morgan fingerprint density at radius 3 is 1.15 bits per heavy atom. The van der Waals surface area contributed by atoms with E-state index in [2.05, 4.69) is 47.8 Å². The molecule has 8 aromatic rings. The number of halogens is 7. The lowest BCUT2D eigenvalue weighted by Crippen LogP contribution is -2.27. The highest BCUT2D eigenvalue weighted by Crippen LogP contribution is 2.45. The lowest BCUT2D eigenvalue weighted by atomic mass is 10.2. The molecular weight excluding hydrogens is 1670 g/mol. The molecule has 4 saturated heterocycles. The summed E-state index contributed by atoms with van der Waals surface area (Å²) in [6, 6.07) is 41.0. The fourth-order valence-electron chi connectivity index (χ4n) is 9.11. The van der Waals surface area contributed by atoms with Crippen molar-refractivity contribution in [3.8, 4) is 46.0 Å². The molecule has 4 N–H and O–H groups in total. The van der Waals surface area contributed by atoms with E-state index in [4.69, 9.17) is 90.4 Å². The second kappa shape index (κ2) is 33.8. The highest BCUT2D eigenvalue weighted by atomic mass is 79.9. The number of thioether (sulfide) groups is 4. The number of aromatic hydroxyl groups is 4. The molecule has 4 aliphatic heterocycles. The van der Waals surface area contributed by atoms with Gasteiger partial charge < -0.3 is 39.4 Å². The first-order chi connectivity index (χ1) is 47.2. The zero-order chi connectivity index (χ0) is 71.7. The third-order valence-corrected chi connectivity index (χ3v) is 21.1. The molecule has 5 amide bonds. The number of thiocarbonyl (C=S) groups is 3. The van der Waals surface area contributed by atoms with Crippen molar-refractivity contribution in [2.45, 2.75) is 0 Å².